The summed E-state index contributed by atoms with van der Waals surface area (Å²) in [5.74, 6) is -1.20. The van der Waals surface area contributed by atoms with E-state index in [2.05, 4.69) is 20.9 Å². The normalized spacial score (nSPS) is 17.0. The second kappa shape index (κ2) is 15.7. The van der Waals surface area contributed by atoms with Gasteiger partial charge < -0.3 is 21.1 Å². The SMILES string of the molecule is CSCC[C@H](NC(=O)c1cc(NC[C@@H]2C[C@H](SC(=O)c3cccnc3)CN2)ccc1CCc1ccc(F)cc1)C(=O)O. The number of carbonyl (C=O) groups is 3. The molecule has 11 heteroatoms. The highest BCUT2D eigenvalue weighted by Gasteiger charge is 2.27. The van der Waals surface area contributed by atoms with Crippen LogP contribution in [0.5, 0.6) is 0 Å². The van der Waals surface area contributed by atoms with E-state index in [1.54, 1.807) is 42.7 Å². The predicted molar refractivity (Wildman–Crippen MR) is 167 cm³/mol. The van der Waals surface area contributed by atoms with Crippen LogP contribution in [0.2, 0.25) is 0 Å². The Labute approximate surface area is 253 Å². The maximum absolute atomic E-state index is 13.4. The van der Waals surface area contributed by atoms with Crippen molar-refractivity contribution >= 4 is 46.2 Å². The predicted octanol–water partition coefficient (Wildman–Crippen LogP) is 4.66. The van der Waals surface area contributed by atoms with Gasteiger partial charge in [-0.05, 0) is 85.2 Å². The molecule has 0 radical (unpaired) electrons. The molecule has 4 rings (SSSR count). The number of carbonyl (C=O) groups excluding carboxylic acids is 2. The number of carboxylic acids is 1. The minimum atomic E-state index is -1.07. The van der Waals surface area contributed by atoms with Crippen LogP contribution in [-0.4, -0.2) is 69.5 Å². The van der Waals surface area contributed by atoms with Crippen LogP contribution >= 0.6 is 23.5 Å². The van der Waals surface area contributed by atoms with Gasteiger partial charge in [-0.15, -0.1) is 0 Å². The summed E-state index contributed by atoms with van der Waals surface area (Å²) >= 11 is 2.84. The molecule has 2 heterocycles. The molecule has 0 spiro atoms. The van der Waals surface area contributed by atoms with Crippen molar-refractivity contribution in [2.45, 2.75) is 43.0 Å². The summed E-state index contributed by atoms with van der Waals surface area (Å²) in [6.45, 7) is 1.31. The van der Waals surface area contributed by atoms with Gasteiger partial charge in [-0.3, -0.25) is 14.6 Å². The number of benzene rings is 2. The van der Waals surface area contributed by atoms with Crippen molar-refractivity contribution < 1.29 is 23.9 Å². The fourth-order valence-electron chi connectivity index (χ4n) is 4.75. The Bertz CT molecular complexity index is 1360. The maximum Gasteiger partial charge on any atom is 0.326 e. The van der Waals surface area contributed by atoms with Crippen molar-refractivity contribution in [1.29, 1.82) is 0 Å². The lowest BCUT2D eigenvalue weighted by molar-refractivity contribution is -0.139. The smallest absolute Gasteiger partial charge is 0.326 e. The lowest BCUT2D eigenvalue weighted by Gasteiger charge is -2.18. The van der Waals surface area contributed by atoms with E-state index >= 15 is 0 Å². The summed E-state index contributed by atoms with van der Waals surface area (Å²) in [7, 11) is 0. The summed E-state index contributed by atoms with van der Waals surface area (Å²) < 4.78 is 13.3. The van der Waals surface area contributed by atoms with Crippen LogP contribution in [0.15, 0.2) is 67.0 Å². The molecule has 0 unspecified atom stereocenters. The van der Waals surface area contributed by atoms with Gasteiger partial charge in [0.05, 0.1) is 0 Å². The quantitative estimate of drug-likeness (QED) is 0.207. The first-order valence-corrected chi connectivity index (χ1v) is 16.1. The Balaban J connectivity index is 1.41. The minimum Gasteiger partial charge on any atom is -0.480 e. The number of amides is 1. The minimum absolute atomic E-state index is 0.00702. The van der Waals surface area contributed by atoms with E-state index in [0.29, 0.717) is 49.2 Å². The fourth-order valence-corrected chi connectivity index (χ4v) is 6.29. The average molecular weight is 611 g/mol. The number of nitrogens with one attached hydrogen (secondary N) is 3. The molecule has 1 saturated heterocycles. The molecule has 0 bridgehead atoms. The van der Waals surface area contributed by atoms with Gasteiger partial charge in [0.2, 0.25) is 5.12 Å². The molecule has 4 N–H and O–H groups in total. The summed E-state index contributed by atoms with van der Waals surface area (Å²) in [4.78, 5) is 41.7. The maximum atomic E-state index is 13.4. The van der Waals surface area contributed by atoms with Crippen molar-refractivity contribution in [2.75, 3.05) is 30.4 Å². The van der Waals surface area contributed by atoms with Crippen LogP contribution < -0.4 is 16.0 Å². The van der Waals surface area contributed by atoms with Gasteiger partial charge in [0.15, 0.2) is 0 Å². The van der Waals surface area contributed by atoms with Crippen LogP contribution in [0, 0.1) is 5.82 Å². The second-order valence-corrected chi connectivity index (χ2v) is 12.4. The highest BCUT2D eigenvalue weighted by molar-refractivity contribution is 8.14. The zero-order chi connectivity index (χ0) is 29.9. The zero-order valence-corrected chi connectivity index (χ0v) is 25.0. The number of anilines is 1. The number of thioether (sulfide) groups is 2. The summed E-state index contributed by atoms with van der Waals surface area (Å²) in [6.07, 6.45) is 7.38. The third-order valence-corrected chi connectivity index (χ3v) is 8.86. The molecule has 3 aromatic rings. The molecule has 1 aliphatic heterocycles. The zero-order valence-electron chi connectivity index (χ0n) is 23.3. The van der Waals surface area contributed by atoms with Gasteiger partial charge >= 0.3 is 5.97 Å². The van der Waals surface area contributed by atoms with Gasteiger partial charge in [0.1, 0.15) is 11.9 Å². The van der Waals surface area contributed by atoms with Crippen molar-refractivity contribution in [1.82, 2.24) is 15.6 Å². The molecule has 1 amide bonds. The number of rotatable bonds is 14. The van der Waals surface area contributed by atoms with Crippen molar-refractivity contribution in [2.24, 2.45) is 0 Å². The Morgan fingerprint density at radius 3 is 2.67 bits per heavy atom. The van der Waals surface area contributed by atoms with Gasteiger partial charge in [0.25, 0.3) is 5.91 Å². The Hall–Kier alpha value is -3.41. The Morgan fingerprint density at radius 1 is 1.14 bits per heavy atom. The number of hydrogen-bond donors (Lipinski definition) is 4. The standard InChI is InChI=1S/C31H35FN4O4S2/c1-41-14-12-28(30(38)39)36-29(37)27-16-24(11-8-21(27)7-4-20-5-9-23(32)10-6-20)34-18-25-15-26(19-35-25)42-31(40)22-3-2-13-33-17-22/h2-3,5-6,8-11,13,16-17,25-26,28,34-35H,4,7,12,14-15,18-19H2,1H3,(H,36,37)(H,38,39)/t25-,26-,28-/m0/s1. The summed E-state index contributed by atoms with van der Waals surface area (Å²) in [6, 6.07) is 14.5. The average Bonchev–Trinajstić information content (AvgIpc) is 3.45. The molecule has 0 saturated carbocycles. The molecule has 42 heavy (non-hydrogen) atoms. The molecule has 3 atom stereocenters. The molecule has 8 nitrogen and oxygen atoms in total. The molecule has 222 valence electrons. The van der Waals surface area contributed by atoms with Crippen LogP contribution in [0.4, 0.5) is 10.1 Å². The van der Waals surface area contributed by atoms with Crippen molar-refractivity contribution in [3.8, 4) is 0 Å². The number of hydrogen-bond acceptors (Lipinski definition) is 8. The molecule has 1 aliphatic rings. The van der Waals surface area contributed by atoms with E-state index in [0.717, 1.165) is 23.2 Å². The lowest BCUT2D eigenvalue weighted by atomic mass is 9.98. The van der Waals surface area contributed by atoms with Crippen molar-refractivity contribution in [3.63, 3.8) is 0 Å². The summed E-state index contributed by atoms with van der Waals surface area (Å²) in [5.41, 5.74) is 3.46. The number of carboxylic acid groups (broad SMARTS) is 1. The molecular formula is C31H35FN4O4S2. The molecule has 1 aromatic heterocycles. The van der Waals surface area contributed by atoms with Crippen LogP contribution in [-0.2, 0) is 17.6 Å². The number of aromatic nitrogens is 1. The summed E-state index contributed by atoms with van der Waals surface area (Å²) in [5, 5.41) is 19.3. The van der Waals surface area contributed by atoms with Gasteiger partial charge in [-0.25, -0.2) is 9.18 Å². The highest BCUT2D eigenvalue weighted by Crippen LogP contribution is 2.25. The Kier molecular flexibility index (Phi) is 11.8. The van der Waals surface area contributed by atoms with Gasteiger partial charge in [0, 0.05) is 53.6 Å². The number of nitrogens with zero attached hydrogens (tertiary/aromatic N) is 1. The van der Waals surface area contributed by atoms with E-state index in [9.17, 15) is 23.9 Å². The third kappa shape index (κ3) is 9.30. The monoisotopic (exact) mass is 610 g/mol. The largest absolute Gasteiger partial charge is 0.480 e. The van der Waals surface area contributed by atoms with E-state index in [1.807, 2.05) is 18.4 Å². The number of pyridine rings is 1. The van der Waals surface area contributed by atoms with E-state index < -0.39 is 17.9 Å². The number of halogens is 1. The van der Waals surface area contributed by atoms with Gasteiger partial charge in [-0.2, -0.15) is 11.8 Å². The van der Waals surface area contributed by atoms with E-state index in [4.69, 9.17) is 0 Å². The first-order valence-electron chi connectivity index (χ1n) is 13.8. The lowest BCUT2D eigenvalue weighted by Crippen LogP contribution is -2.41. The molecule has 1 fully saturated rings. The topological polar surface area (TPSA) is 120 Å². The fraction of sp³-hybridized carbons (Fsp3) is 0.355. The van der Waals surface area contributed by atoms with Gasteiger partial charge in [-0.1, -0.05) is 30.0 Å². The number of aliphatic carboxylic acids is 1. The Morgan fingerprint density at radius 2 is 1.95 bits per heavy atom. The van der Waals surface area contributed by atoms with E-state index in [-0.39, 0.29) is 22.2 Å². The van der Waals surface area contributed by atoms with Crippen LogP contribution in [0.25, 0.3) is 0 Å². The first-order chi connectivity index (χ1) is 20.3. The number of aryl methyl sites for hydroxylation is 2. The van der Waals surface area contributed by atoms with Crippen LogP contribution in [0.1, 0.15) is 44.7 Å². The van der Waals surface area contributed by atoms with Crippen LogP contribution in [0.3, 0.4) is 0 Å². The molecule has 2 aromatic carbocycles. The molecule has 0 aliphatic carbocycles. The van der Waals surface area contributed by atoms with Crippen molar-refractivity contribution in [3.05, 3.63) is 95.1 Å². The molecular weight excluding hydrogens is 575 g/mol. The second-order valence-electron chi connectivity index (χ2n) is 10.1. The van der Waals surface area contributed by atoms with E-state index in [1.165, 1.54) is 35.7 Å². The third-order valence-electron chi connectivity index (χ3n) is 7.07. The first kappa shape index (κ1) is 31.5. The highest BCUT2D eigenvalue weighted by atomic mass is 32.2.